The molecule has 0 amide bonds. The van der Waals surface area contributed by atoms with Gasteiger partial charge in [0.1, 0.15) is 0 Å². The van der Waals surface area contributed by atoms with Crippen molar-refractivity contribution < 1.29 is 4.74 Å². The van der Waals surface area contributed by atoms with E-state index in [1.165, 1.54) is 43.4 Å². The molecule has 0 N–H and O–H groups in total. The minimum absolute atomic E-state index is 0.973. The summed E-state index contributed by atoms with van der Waals surface area (Å²) in [7, 11) is 4.08. The summed E-state index contributed by atoms with van der Waals surface area (Å²) in [5.74, 6) is 0.973. The average Bonchev–Trinajstić information content (AvgIpc) is 2.56. The third-order valence-electron chi connectivity index (χ3n) is 4.35. The maximum absolute atomic E-state index is 5.30. The van der Waals surface area contributed by atoms with Crippen LogP contribution >= 0.6 is 8.95 Å². The van der Waals surface area contributed by atoms with Crippen LogP contribution in [0, 0.1) is 0 Å². The second-order valence-electron chi connectivity index (χ2n) is 6.27. The number of unbranched alkanes of at least 4 members (excludes halogenated alkanes) is 3. The first-order valence-electron chi connectivity index (χ1n) is 9.02. The number of rotatable bonds is 12. The molecule has 0 heterocycles. The molecule has 22 heavy (non-hydrogen) atoms. The van der Waals surface area contributed by atoms with E-state index in [9.17, 15) is 0 Å². The van der Waals surface area contributed by atoms with E-state index in [0.29, 0.717) is 0 Å². The predicted octanol–water partition coefficient (Wildman–Crippen LogP) is 7.13. The van der Waals surface area contributed by atoms with Gasteiger partial charge in [-0.3, -0.25) is 0 Å². The first-order valence-corrected chi connectivity index (χ1v) is 19.4. The predicted molar refractivity (Wildman–Crippen MR) is 104 cm³/mol. The van der Waals surface area contributed by atoms with Crippen LogP contribution in [0.1, 0.15) is 59.3 Å². The van der Waals surface area contributed by atoms with Gasteiger partial charge in [0.05, 0.1) is 0 Å². The molecule has 1 rings (SSSR count). The molecule has 0 aliphatic carbocycles. The molecule has 126 valence electrons. The van der Waals surface area contributed by atoms with Crippen molar-refractivity contribution in [3.05, 3.63) is 24.3 Å². The molecule has 0 saturated carbocycles. The number of ether oxygens (including phenoxy) is 1. The van der Waals surface area contributed by atoms with Crippen LogP contribution < -0.4 is 4.74 Å². The van der Waals surface area contributed by atoms with Crippen LogP contribution in [0.15, 0.2) is 29.2 Å². The molecule has 0 radical (unpaired) electrons. The Kier molecular flexibility index (Phi) is 10.7. The summed E-state index contributed by atoms with van der Waals surface area (Å²) in [5, 5.41) is 0. The Labute approximate surface area is 144 Å². The van der Waals surface area contributed by atoms with Gasteiger partial charge in [0.15, 0.2) is 0 Å². The van der Waals surface area contributed by atoms with Crippen LogP contribution in [0.3, 0.4) is 0 Å². The normalized spacial score (nSPS) is 11.6. The topological polar surface area (TPSA) is 9.23 Å². The van der Waals surface area contributed by atoms with Gasteiger partial charge in [0.2, 0.25) is 0 Å². The van der Waals surface area contributed by atoms with Crippen molar-refractivity contribution >= 4 is 25.9 Å². The molecular formula is C19H34OSSn. The molecule has 1 aromatic carbocycles. The van der Waals surface area contributed by atoms with E-state index in [-0.39, 0.29) is 0 Å². The van der Waals surface area contributed by atoms with Gasteiger partial charge in [-0.2, -0.15) is 0 Å². The van der Waals surface area contributed by atoms with Crippen LogP contribution in [0.25, 0.3) is 0 Å². The Morgan fingerprint density at radius 3 is 1.64 bits per heavy atom. The second kappa shape index (κ2) is 11.7. The van der Waals surface area contributed by atoms with Crippen LogP contribution in [-0.4, -0.2) is 24.1 Å². The summed E-state index contributed by atoms with van der Waals surface area (Å²) in [6.45, 7) is 7.02. The molecule has 1 aromatic rings. The quantitative estimate of drug-likeness (QED) is 0.327. The molecule has 0 aromatic heterocycles. The Balaban J connectivity index is 2.87. The standard InChI is InChI=1S/C7H8OS.3C4H9.Sn/c1-8-6-2-4-7(9)5-3-6;3*1-3-4-2;/h2-5,9H,1H3;3*1,3-4H2,2H3;/q;;;;+1/p-1. The molecule has 0 bridgehead atoms. The van der Waals surface area contributed by atoms with Crippen molar-refractivity contribution in [3.63, 3.8) is 0 Å². The van der Waals surface area contributed by atoms with Gasteiger partial charge in [-0.05, 0) is 0 Å². The van der Waals surface area contributed by atoms with Crippen molar-refractivity contribution in [2.75, 3.05) is 7.11 Å². The Morgan fingerprint density at radius 1 is 0.818 bits per heavy atom. The fraction of sp³-hybridized carbons (Fsp3) is 0.684. The molecule has 0 spiro atoms. The van der Waals surface area contributed by atoms with E-state index < -0.39 is 17.0 Å². The fourth-order valence-corrected chi connectivity index (χ4v) is 25.7. The monoisotopic (exact) mass is 430 g/mol. The minimum atomic E-state index is -2.11. The zero-order valence-corrected chi connectivity index (χ0v) is 18.7. The molecule has 3 heteroatoms. The van der Waals surface area contributed by atoms with E-state index in [2.05, 4.69) is 54.0 Å². The van der Waals surface area contributed by atoms with E-state index in [4.69, 9.17) is 4.74 Å². The van der Waals surface area contributed by atoms with Gasteiger partial charge < -0.3 is 0 Å². The van der Waals surface area contributed by atoms with Crippen LogP contribution in [0.2, 0.25) is 13.3 Å². The van der Waals surface area contributed by atoms with Gasteiger partial charge in [-0.15, -0.1) is 0 Å². The van der Waals surface area contributed by atoms with E-state index in [1.807, 2.05) is 0 Å². The van der Waals surface area contributed by atoms with Crippen molar-refractivity contribution in [1.82, 2.24) is 0 Å². The maximum atomic E-state index is 5.30. The summed E-state index contributed by atoms with van der Waals surface area (Å²) >= 11 is -2.11. The second-order valence-corrected chi connectivity index (χ2v) is 25.5. The summed E-state index contributed by atoms with van der Waals surface area (Å²) in [4.78, 5) is 1.49. The van der Waals surface area contributed by atoms with Crippen molar-refractivity contribution in [2.45, 2.75) is 77.5 Å². The zero-order chi connectivity index (χ0) is 16.3. The fourth-order valence-electron chi connectivity index (χ4n) is 2.92. The van der Waals surface area contributed by atoms with E-state index in [0.717, 1.165) is 5.75 Å². The summed E-state index contributed by atoms with van der Waals surface area (Å²) in [6, 6.07) is 8.80. The summed E-state index contributed by atoms with van der Waals surface area (Å²) in [6.07, 6.45) is 8.35. The van der Waals surface area contributed by atoms with Crippen LogP contribution in [-0.2, 0) is 0 Å². The van der Waals surface area contributed by atoms with E-state index in [1.54, 1.807) is 20.4 Å². The van der Waals surface area contributed by atoms with Gasteiger partial charge in [0, 0.05) is 0 Å². The van der Waals surface area contributed by atoms with Crippen molar-refractivity contribution in [2.24, 2.45) is 0 Å². The molecule has 0 fully saturated rings. The van der Waals surface area contributed by atoms with Gasteiger partial charge >= 0.3 is 145 Å². The molecule has 0 aliphatic heterocycles. The van der Waals surface area contributed by atoms with Crippen LogP contribution in [0.5, 0.6) is 5.75 Å². The molecule has 1 nitrogen and oxygen atoms in total. The Hall–Kier alpha value is 0.169. The van der Waals surface area contributed by atoms with Crippen LogP contribution in [0.4, 0.5) is 0 Å². The van der Waals surface area contributed by atoms with Gasteiger partial charge in [-0.1, -0.05) is 0 Å². The molecule has 0 saturated heterocycles. The summed E-state index contributed by atoms with van der Waals surface area (Å²) in [5.41, 5.74) is 0. The number of hydrogen-bond acceptors (Lipinski definition) is 2. The third kappa shape index (κ3) is 7.16. The molecular weight excluding hydrogens is 395 g/mol. The zero-order valence-electron chi connectivity index (χ0n) is 15.0. The van der Waals surface area contributed by atoms with E-state index >= 15 is 0 Å². The van der Waals surface area contributed by atoms with Crippen molar-refractivity contribution in [3.8, 4) is 5.75 Å². The van der Waals surface area contributed by atoms with Gasteiger partial charge in [-0.25, -0.2) is 0 Å². The Morgan fingerprint density at radius 2 is 1.27 bits per heavy atom. The molecule has 0 unspecified atom stereocenters. The van der Waals surface area contributed by atoms with Gasteiger partial charge in [0.25, 0.3) is 0 Å². The first kappa shape index (κ1) is 20.2. The average molecular weight is 429 g/mol. The first-order chi connectivity index (χ1) is 10.7. The Bertz CT molecular complexity index is 369. The third-order valence-corrected chi connectivity index (χ3v) is 26.0. The number of methoxy groups -OCH3 is 1. The summed E-state index contributed by atoms with van der Waals surface area (Å²) < 4.78 is 9.97. The molecule has 0 aliphatic rings. The molecule has 0 atom stereocenters. The van der Waals surface area contributed by atoms with Crippen molar-refractivity contribution in [1.29, 1.82) is 0 Å². The SMILES string of the molecule is CCC[CH2][Sn]([CH2]CCC)([CH2]CCC)[S]c1ccc(OC)cc1. The number of hydrogen-bond donors (Lipinski definition) is 0. The number of benzene rings is 1.